The van der Waals surface area contributed by atoms with Gasteiger partial charge in [-0.2, -0.15) is 0 Å². The first-order valence-electron chi connectivity index (χ1n) is 26.4. The number of guanidine groups is 1. The second-order valence-electron chi connectivity index (χ2n) is 20.0. The molecule has 1 saturated carbocycles. The van der Waals surface area contributed by atoms with E-state index in [1.54, 1.807) is 54.6 Å². The maximum absolute atomic E-state index is 15.0. The number of carbonyl (C=O) groups excluding carboxylic acids is 11. The standard InChI is InChI=1S/C52H74N14O12S2/c1-78-32-16-14-31(15-17-32)25-35-46(73)63-36(24-30-10-4-2-5-11-30)47(74)61-34(18-19-40(53)67)45(72)64-37(26-41(54)68)48(75)65-38(29-79-80-52(27-43(70)60-35)20-6-3-7-21-52)50(77)66-23-9-13-39(66)49(76)62-33(12-8-22-58-51(56)57)44(71)59-28-42(55)69/h2,4-5,10-11,14-17,33-39H,3,6-9,12-13,18-29H2,1H3,(H2,53,67)(H2,54,68)(H2,55,69)(H,59,71)(H,60,70)(H,61,74)(H,62,76)(H,63,73)(H,64,72)(H,65,75)(H4,56,57,58)/t33?,34-,35-,36+,37-,38+,39-/m0/s1. The van der Waals surface area contributed by atoms with Gasteiger partial charge in [0, 0.05) is 49.3 Å². The Morgan fingerprint density at radius 2 is 1.35 bits per heavy atom. The van der Waals surface area contributed by atoms with E-state index in [9.17, 15) is 52.7 Å². The van der Waals surface area contributed by atoms with Crippen molar-refractivity contribution in [1.29, 1.82) is 0 Å². The number of aliphatic imine (C=N–C) groups is 1. The zero-order valence-corrected chi connectivity index (χ0v) is 46.3. The molecule has 3 aliphatic rings. The molecular weight excluding hydrogens is 1080 g/mol. The Morgan fingerprint density at radius 1 is 0.738 bits per heavy atom. The Hall–Kier alpha value is -7.62. The number of primary amides is 3. The summed E-state index contributed by atoms with van der Waals surface area (Å²) in [4.78, 5) is 156. The third kappa shape index (κ3) is 20.2. The average molecular weight is 1150 g/mol. The van der Waals surface area contributed by atoms with E-state index < -0.39 is 138 Å². The maximum Gasteiger partial charge on any atom is 0.246 e. The number of hydrogen-bond acceptors (Lipinski definition) is 15. The fourth-order valence-corrected chi connectivity index (χ4v) is 13.0. The molecule has 28 heteroatoms. The molecule has 2 aromatic carbocycles. The van der Waals surface area contributed by atoms with Gasteiger partial charge in [0.15, 0.2) is 5.96 Å². The molecule has 5 rings (SSSR count). The molecule has 436 valence electrons. The molecule has 7 atom stereocenters. The van der Waals surface area contributed by atoms with Crippen molar-refractivity contribution in [3.05, 3.63) is 65.7 Å². The van der Waals surface area contributed by atoms with Crippen molar-refractivity contribution in [2.45, 2.75) is 143 Å². The van der Waals surface area contributed by atoms with E-state index in [0.717, 1.165) is 19.3 Å². The fourth-order valence-electron chi connectivity index (χ4n) is 9.59. The molecule has 17 N–H and O–H groups in total. The van der Waals surface area contributed by atoms with E-state index in [-0.39, 0.29) is 63.3 Å². The number of methoxy groups -OCH3 is 1. The van der Waals surface area contributed by atoms with Crippen LogP contribution < -0.4 is 70.6 Å². The molecule has 1 aliphatic carbocycles. The molecule has 80 heavy (non-hydrogen) atoms. The minimum Gasteiger partial charge on any atom is -0.497 e. The molecule has 2 aromatic rings. The lowest BCUT2D eigenvalue weighted by Crippen LogP contribution is -2.61. The summed E-state index contributed by atoms with van der Waals surface area (Å²) in [5.41, 5.74) is 28.5. The Balaban J connectivity index is 1.53. The van der Waals surface area contributed by atoms with Crippen molar-refractivity contribution in [1.82, 2.24) is 42.1 Å². The summed E-state index contributed by atoms with van der Waals surface area (Å²) < 4.78 is 4.59. The monoisotopic (exact) mass is 1150 g/mol. The van der Waals surface area contributed by atoms with Gasteiger partial charge >= 0.3 is 0 Å². The summed E-state index contributed by atoms with van der Waals surface area (Å²) in [6, 6.07) is 5.70. The Kier molecular flexibility index (Phi) is 24.7. The topological polar surface area (TPSA) is 427 Å². The van der Waals surface area contributed by atoms with Crippen LogP contribution in [0.2, 0.25) is 0 Å². The molecule has 0 aromatic heterocycles. The third-order valence-corrected chi connectivity index (χ3v) is 17.0. The Bertz CT molecular complexity index is 2570. The van der Waals surface area contributed by atoms with E-state index in [2.05, 4.69) is 42.2 Å². The van der Waals surface area contributed by atoms with Crippen LogP contribution >= 0.6 is 21.6 Å². The van der Waals surface area contributed by atoms with Gasteiger partial charge in [-0.25, -0.2) is 0 Å². The molecule has 2 heterocycles. The lowest BCUT2D eigenvalue weighted by atomic mass is 9.85. The highest BCUT2D eigenvalue weighted by atomic mass is 33.1. The predicted molar refractivity (Wildman–Crippen MR) is 298 cm³/mol. The molecule has 3 fully saturated rings. The number of nitrogens with one attached hydrogen (secondary N) is 7. The van der Waals surface area contributed by atoms with E-state index in [1.807, 2.05) is 0 Å². The molecular formula is C52H74N14O12S2. The first-order chi connectivity index (χ1) is 38.1. The van der Waals surface area contributed by atoms with Crippen molar-refractivity contribution in [2.75, 3.05) is 32.5 Å². The second-order valence-corrected chi connectivity index (χ2v) is 22.8. The van der Waals surface area contributed by atoms with Gasteiger partial charge in [-0.15, -0.1) is 0 Å². The van der Waals surface area contributed by atoms with Crippen LogP contribution in [-0.2, 0) is 65.6 Å². The number of benzene rings is 2. The molecule has 0 bridgehead atoms. The van der Waals surface area contributed by atoms with E-state index in [1.165, 1.54) is 33.6 Å². The fraction of sp³-hybridized carbons (Fsp3) is 0.538. The molecule has 1 spiro atoms. The van der Waals surface area contributed by atoms with E-state index in [0.29, 0.717) is 36.1 Å². The predicted octanol–water partition coefficient (Wildman–Crippen LogP) is -2.34. The summed E-state index contributed by atoms with van der Waals surface area (Å²) in [5, 5.41) is 18.5. The number of carbonyl (C=O) groups is 11. The molecule has 2 aliphatic heterocycles. The normalized spacial score (nSPS) is 22.6. The molecule has 26 nitrogen and oxygen atoms in total. The maximum atomic E-state index is 15.0. The quantitative estimate of drug-likeness (QED) is 0.0286. The van der Waals surface area contributed by atoms with E-state index in [4.69, 9.17) is 33.4 Å². The van der Waals surface area contributed by atoms with Crippen LogP contribution in [0.3, 0.4) is 0 Å². The summed E-state index contributed by atoms with van der Waals surface area (Å²) in [7, 11) is 4.02. The number of nitrogens with zero attached hydrogens (tertiary/aromatic N) is 2. The summed E-state index contributed by atoms with van der Waals surface area (Å²) in [6.07, 6.45) is 2.41. The van der Waals surface area contributed by atoms with Crippen molar-refractivity contribution in [3.63, 3.8) is 0 Å². The highest BCUT2D eigenvalue weighted by Crippen LogP contribution is 2.48. The zero-order chi connectivity index (χ0) is 58.4. The van der Waals surface area contributed by atoms with Crippen molar-refractivity contribution < 1.29 is 57.5 Å². The third-order valence-electron chi connectivity index (χ3n) is 13.7. The minimum atomic E-state index is -1.77. The highest BCUT2D eigenvalue weighted by Gasteiger charge is 2.42. The minimum absolute atomic E-state index is 0.0113. The van der Waals surface area contributed by atoms with Gasteiger partial charge in [-0.1, -0.05) is 83.3 Å². The van der Waals surface area contributed by atoms with Crippen molar-refractivity contribution in [2.24, 2.45) is 33.7 Å². The molecule has 1 unspecified atom stereocenters. The average Bonchev–Trinajstić information content (AvgIpc) is 3.95. The van der Waals surface area contributed by atoms with Gasteiger partial charge in [0.25, 0.3) is 0 Å². The lowest BCUT2D eigenvalue weighted by molar-refractivity contribution is -0.142. The van der Waals surface area contributed by atoms with Crippen molar-refractivity contribution in [3.8, 4) is 5.75 Å². The first-order valence-corrected chi connectivity index (χ1v) is 28.7. The van der Waals surface area contributed by atoms with E-state index >= 15 is 0 Å². The number of rotatable bonds is 20. The zero-order valence-electron chi connectivity index (χ0n) is 44.7. The van der Waals surface area contributed by atoms with Crippen LogP contribution in [-0.4, -0.2) is 155 Å². The Morgan fingerprint density at radius 3 is 1.98 bits per heavy atom. The highest BCUT2D eigenvalue weighted by molar-refractivity contribution is 8.77. The largest absolute Gasteiger partial charge is 0.497 e. The smallest absolute Gasteiger partial charge is 0.246 e. The Labute approximate surface area is 471 Å². The second kappa shape index (κ2) is 31.2. The summed E-state index contributed by atoms with van der Waals surface area (Å²) in [5.74, 6) is -8.92. The van der Waals surface area contributed by atoms with Crippen LogP contribution in [0.5, 0.6) is 5.75 Å². The number of hydrogen-bond donors (Lipinski definition) is 12. The van der Waals surface area contributed by atoms with Gasteiger partial charge < -0.3 is 75.5 Å². The van der Waals surface area contributed by atoms with Gasteiger partial charge in [0.05, 0.1) is 20.1 Å². The van der Waals surface area contributed by atoms with Crippen LogP contribution in [0.1, 0.15) is 94.6 Å². The van der Waals surface area contributed by atoms with Gasteiger partial charge in [-0.05, 0) is 68.2 Å². The first kappa shape index (κ1) is 63.2. The number of nitrogens with two attached hydrogens (primary N) is 5. The van der Waals surface area contributed by atoms with Crippen LogP contribution in [0.25, 0.3) is 0 Å². The number of amides is 11. The SMILES string of the molecule is COc1ccc(C[C@@H]2NC(=O)CC3(CCCCC3)SSC[C@H](C(=O)N3CCC[C@H]3C(=O)NC(CCCN=C(N)N)C(=O)NCC(N)=O)NC(=O)[C@H](CC(N)=O)NC(=O)[C@H](CCC(N)=O)NC(=O)[C@@H](Cc3ccccc3)NC2=O)cc1. The van der Waals surface area contributed by atoms with Crippen LogP contribution in [0, 0.1) is 0 Å². The summed E-state index contributed by atoms with van der Waals surface area (Å²) in [6.45, 7) is -0.382. The van der Waals surface area contributed by atoms with Crippen molar-refractivity contribution >= 4 is 92.5 Å². The lowest BCUT2D eigenvalue weighted by Gasteiger charge is -2.37. The van der Waals surface area contributed by atoms with Crippen LogP contribution in [0.15, 0.2) is 59.6 Å². The molecule has 0 radical (unpaired) electrons. The van der Waals surface area contributed by atoms with Gasteiger partial charge in [0.2, 0.25) is 65.0 Å². The molecule has 2 saturated heterocycles. The summed E-state index contributed by atoms with van der Waals surface area (Å²) >= 11 is 0. The number of ether oxygens (including phenoxy) is 1. The number of likely N-dealkylation sites (tertiary alicyclic amines) is 1. The molecule has 11 amide bonds. The van der Waals surface area contributed by atoms with Gasteiger partial charge in [0.1, 0.15) is 48.0 Å². The van der Waals surface area contributed by atoms with Gasteiger partial charge in [-0.3, -0.25) is 57.7 Å². The van der Waals surface area contributed by atoms with Crippen LogP contribution in [0.4, 0.5) is 0 Å².